The van der Waals surface area contributed by atoms with Gasteiger partial charge in [0.2, 0.25) is 5.91 Å². The molecule has 9 nitrogen and oxygen atoms in total. The smallest absolute Gasteiger partial charge is 0.310 e. The number of carbonyl (C=O) groups is 1. The molecule has 1 aromatic carbocycles. The molecular formula is C26H32N4O5S. The van der Waals surface area contributed by atoms with E-state index in [0.717, 1.165) is 60.2 Å². The highest BCUT2D eigenvalue weighted by atomic mass is 32.1. The number of nitrogens with zero attached hydrogens (tertiary/aromatic N) is 3. The van der Waals surface area contributed by atoms with E-state index in [0.29, 0.717) is 23.4 Å². The Bertz CT molecular complexity index is 1230. The molecule has 1 amide bonds. The number of phenols is 1. The Balaban J connectivity index is 1.41. The topological polar surface area (TPSA) is 127 Å². The monoisotopic (exact) mass is 512 g/mol. The Morgan fingerprint density at radius 3 is 2.92 bits per heavy atom. The van der Waals surface area contributed by atoms with E-state index in [2.05, 4.69) is 22.4 Å². The van der Waals surface area contributed by atoms with Crippen molar-refractivity contribution in [2.24, 2.45) is 28.3 Å². The summed E-state index contributed by atoms with van der Waals surface area (Å²) < 4.78 is 0. The molecule has 0 bridgehead atoms. The van der Waals surface area contributed by atoms with Crippen LogP contribution < -0.4 is 5.32 Å². The van der Waals surface area contributed by atoms with Crippen molar-refractivity contribution in [3.8, 4) is 5.75 Å². The molecule has 0 spiro atoms. The summed E-state index contributed by atoms with van der Waals surface area (Å²) >= 11 is 1.47. The van der Waals surface area contributed by atoms with Crippen LogP contribution in [0.3, 0.4) is 0 Å². The third kappa shape index (κ3) is 4.25. The van der Waals surface area contributed by atoms with Gasteiger partial charge in [-0.3, -0.25) is 14.9 Å². The number of thiazole rings is 1. The average Bonchev–Trinajstić information content (AvgIpc) is 3.36. The van der Waals surface area contributed by atoms with Crippen LogP contribution in [0.25, 0.3) is 0 Å². The number of benzene rings is 1. The van der Waals surface area contributed by atoms with Gasteiger partial charge in [0.25, 0.3) is 0 Å². The number of hydrogen-bond acceptors (Lipinski definition) is 8. The van der Waals surface area contributed by atoms with Gasteiger partial charge >= 0.3 is 5.69 Å². The van der Waals surface area contributed by atoms with Crippen molar-refractivity contribution in [2.75, 3.05) is 12.4 Å². The van der Waals surface area contributed by atoms with E-state index in [1.54, 1.807) is 25.4 Å². The van der Waals surface area contributed by atoms with Crippen LogP contribution in [0.1, 0.15) is 67.4 Å². The Hall–Kier alpha value is -3.01. The molecular weight excluding hydrogens is 480 g/mol. The maximum atomic E-state index is 12.7. The number of rotatable bonds is 6. The predicted octanol–water partition coefficient (Wildman–Crippen LogP) is 5.57. The van der Waals surface area contributed by atoms with E-state index in [1.807, 2.05) is 6.92 Å². The highest BCUT2D eigenvalue weighted by molar-refractivity contribution is 7.15. The van der Waals surface area contributed by atoms with Crippen LogP contribution in [0.4, 0.5) is 10.8 Å². The number of anilines is 1. The fraction of sp³-hybridized carbons (Fsp3) is 0.577. The maximum Gasteiger partial charge on any atom is 0.310 e. The first kappa shape index (κ1) is 24.7. The number of aromatic hydroxyl groups is 1. The maximum absolute atomic E-state index is 12.7. The average molecular weight is 513 g/mol. The Morgan fingerprint density at radius 2 is 2.22 bits per heavy atom. The molecule has 5 rings (SSSR count). The minimum absolute atomic E-state index is 0.0318. The third-order valence-corrected chi connectivity index (χ3v) is 9.53. The molecule has 1 aromatic heterocycles. The molecule has 2 fully saturated rings. The second-order valence-electron chi connectivity index (χ2n) is 10.6. The van der Waals surface area contributed by atoms with Crippen molar-refractivity contribution >= 4 is 33.8 Å². The Kier molecular flexibility index (Phi) is 6.48. The normalized spacial score (nSPS) is 29.8. The van der Waals surface area contributed by atoms with Gasteiger partial charge in [-0.05, 0) is 86.3 Å². The van der Waals surface area contributed by atoms with Gasteiger partial charge in [-0.15, -0.1) is 11.3 Å². The first-order valence-corrected chi connectivity index (χ1v) is 13.4. The van der Waals surface area contributed by atoms with Crippen molar-refractivity contribution in [1.82, 2.24) is 4.98 Å². The van der Waals surface area contributed by atoms with E-state index in [1.165, 1.54) is 11.3 Å². The molecule has 2 aromatic rings. The molecule has 0 saturated heterocycles. The lowest BCUT2D eigenvalue weighted by atomic mass is 9.54. The molecule has 0 aliphatic heterocycles. The number of amides is 1. The van der Waals surface area contributed by atoms with Crippen LogP contribution >= 0.6 is 11.3 Å². The van der Waals surface area contributed by atoms with Gasteiger partial charge in [0, 0.05) is 29.0 Å². The van der Waals surface area contributed by atoms with E-state index in [-0.39, 0.29) is 34.6 Å². The zero-order chi connectivity index (χ0) is 25.6. The zero-order valence-electron chi connectivity index (χ0n) is 20.8. The van der Waals surface area contributed by atoms with Crippen molar-refractivity contribution < 1.29 is 19.7 Å². The molecule has 36 heavy (non-hydrogen) atoms. The van der Waals surface area contributed by atoms with Gasteiger partial charge in [-0.1, -0.05) is 12.1 Å². The van der Waals surface area contributed by atoms with Crippen LogP contribution in [0.15, 0.2) is 23.5 Å². The van der Waals surface area contributed by atoms with E-state index in [9.17, 15) is 20.0 Å². The van der Waals surface area contributed by atoms with Gasteiger partial charge in [0.1, 0.15) is 7.11 Å². The number of nitro groups is 1. The number of oxime groups is 1. The summed E-state index contributed by atoms with van der Waals surface area (Å²) in [4.78, 5) is 34.3. The first-order valence-electron chi connectivity index (χ1n) is 12.5. The number of nitro benzene ring substituents is 1. The van der Waals surface area contributed by atoms with Gasteiger partial charge in [-0.2, -0.15) is 0 Å². The van der Waals surface area contributed by atoms with Crippen LogP contribution in [-0.2, 0) is 16.1 Å². The lowest BCUT2D eigenvalue weighted by Crippen LogP contribution is -2.44. The summed E-state index contributed by atoms with van der Waals surface area (Å²) in [6.45, 7) is 4.24. The second-order valence-corrected chi connectivity index (χ2v) is 11.9. The second kappa shape index (κ2) is 9.46. The number of carbonyl (C=O) groups excluding carboxylic acids is 1. The van der Waals surface area contributed by atoms with E-state index < -0.39 is 4.92 Å². The fourth-order valence-corrected chi connectivity index (χ4v) is 7.93. The summed E-state index contributed by atoms with van der Waals surface area (Å²) in [6, 6.07) is 3.19. The van der Waals surface area contributed by atoms with Crippen LogP contribution in [0.5, 0.6) is 5.75 Å². The van der Waals surface area contributed by atoms with Crippen molar-refractivity contribution in [1.29, 1.82) is 0 Å². The largest absolute Gasteiger partial charge is 0.502 e. The van der Waals surface area contributed by atoms with Crippen molar-refractivity contribution in [2.45, 2.75) is 64.7 Å². The van der Waals surface area contributed by atoms with Gasteiger partial charge in [0.05, 0.1) is 10.6 Å². The van der Waals surface area contributed by atoms with Crippen LogP contribution in [0, 0.1) is 40.2 Å². The molecule has 5 atom stereocenters. The summed E-state index contributed by atoms with van der Waals surface area (Å²) in [5, 5.41) is 29.7. The Morgan fingerprint density at radius 1 is 1.42 bits per heavy atom. The predicted molar refractivity (Wildman–Crippen MR) is 137 cm³/mol. The number of fused-ring (bicyclic) bond motifs is 5. The SMILES string of the molecule is CO/N=C1\CC(CCC(=O)Nc2ncc(C)s2)C2C3CCc4cc(O)c([N+](=O)[O-])cc4C3CCC12C. The number of hydrogen-bond donors (Lipinski definition) is 2. The molecule has 2 saturated carbocycles. The van der Waals surface area contributed by atoms with E-state index in [4.69, 9.17) is 4.84 Å². The summed E-state index contributed by atoms with van der Waals surface area (Å²) in [5.41, 5.74) is 2.75. The highest BCUT2D eigenvalue weighted by Gasteiger charge is 2.57. The standard InChI is InChI=1S/C26H32N4O5S/c1-14-13-27-25(36-14)28-23(32)7-5-16-11-22(29-35-3)26(2)9-8-17-18(24(16)26)6-4-15-10-21(31)20(30(33)34)12-19(15)17/h10,12-13,16-18,24,31H,4-9,11H2,1-3H3,(H,27,28,32)/b29-22+. The number of nitrogens with one attached hydrogen (secondary N) is 1. The molecule has 2 N–H and O–H groups in total. The zero-order valence-corrected chi connectivity index (χ0v) is 21.6. The van der Waals surface area contributed by atoms with Crippen molar-refractivity contribution in [3.05, 3.63) is 44.4 Å². The molecule has 3 aliphatic carbocycles. The lowest BCUT2D eigenvalue weighted by Gasteiger charge is -2.50. The quantitative estimate of drug-likeness (QED) is 0.385. The molecule has 5 unspecified atom stereocenters. The molecule has 0 radical (unpaired) electrons. The summed E-state index contributed by atoms with van der Waals surface area (Å²) in [6.07, 6.45) is 7.25. The minimum atomic E-state index is -0.504. The molecule has 192 valence electrons. The van der Waals surface area contributed by atoms with Crippen LogP contribution in [0.2, 0.25) is 0 Å². The molecule has 1 heterocycles. The van der Waals surface area contributed by atoms with Gasteiger partial charge < -0.3 is 15.3 Å². The highest BCUT2D eigenvalue weighted by Crippen LogP contribution is 2.63. The van der Waals surface area contributed by atoms with Crippen molar-refractivity contribution in [3.63, 3.8) is 0 Å². The lowest BCUT2D eigenvalue weighted by molar-refractivity contribution is -0.386. The Labute approximate surface area is 214 Å². The summed E-state index contributed by atoms with van der Waals surface area (Å²) in [7, 11) is 1.58. The minimum Gasteiger partial charge on any atom is -0.502 e. The number of aromatic nitrogens is 1. The third-order valence-electron chi connectivity index (χ3n) is 8.70. The number of phenolic OH excluding ortho intramolecular Hbond substituents is 1. The first-order chi connectivity index (χ1) is 17.2. The number of aryl methyl sites for hydroxylation is 2. The summed E-state index contributed by atoms with van der Waals surface area (Å²) in [5.74, 6) is 0.820. The van der Waals surface area contributed by atoms with Gasteiger partial charge in [-0.25, -0.2) is 4.98 Å². The fourth-order valence-electron chi connectivity index (χ4n) is 7.25. The molecule has 3 aliphatic rings. The molecule has 10 heteroatoms. The van der Waals surface area contributed by atoms with Crippen LogP contribution in [-0.4, -0.2) is 33.7 Å². The van der Waals surface area contributed by atoms with E-state index >= 15 is 0 Å². The van der Waals surface area contributed by atoms with Gasteiger partial charge in [0.15, 0.2) is 10.9 Å².